The van der Waals surface area contributed by atoms with Crippen molar-refractivity contribution in [2.24, 2.45) is 0 Å². The maximum atomic E-state index is 4.46. The van der Waals surface area contributed by atoms with E-state index in [1.807, 2.05) is 113 Å². The van der Waals surface area contributed by atoms with Gasteiger partial charge in [0, 0.05) is 74.3 Å². The highest BCUT2D eigenvalue weighted by Crippen LogP contribution is 2.24. The van der Waals surface area contributed by atoms with Gasteiger partial charge in [0.2, 0.25) is 0 Å². The van der Waals surface area contributed by atoms with Crippen LogP contribution in [0.3, 0.4) is 0 Å². The Morgan fingerprint density at radius 2 is 0.859 bits per heavy atom. The Bertz CT molecular complexity index is 3220. The molecule has 0 aliphatic rings. The number of pyridine rings is 4. The van der Waals surface area contributed by atoms with E-state index in [4.69, 9.17) is 0 Å². The Kier molecular flexibility index (Phi) is 18.9. The molecule has 8 heteroatoms. The lowest BCUT2D eigenvalue weighted by molar-refractivity contribution is 0.568. The minimum absolute atomic E-state index is 0.174. The first-order valence-electron chi connectivity index (χ1n) is 23.8. The molecule has 356 valence electrons. The number of aromatic nitrogens is 8. The van der Waals surface area contributed by atoms with Crippen molar-refractivity contribution in [3.8, 4) is 22.5 Å². The van der Waals surface area contributed by atoms with Gasteiger partial charge >= 0.3 is 0 Å². The second-order valence-corrected chi connectivity index (χ2v) is 18.4. The number of aryl methyl sites for hydroxylation is 7. The van der Waals surface area contributed by atoms with Crippen LogP contribution in [0.2, 0.25) is 0 Å². The number of fused-ring (bicyclic) bond motifs is 3. The van der Waals surface area contributed by atoms with Crippen LogP contribution in [-0.2, 0) is 5.41 Å². The first kappa shape index (κ1) is 52.0. The first-order chi connectivity index (χ1) is 34.2. The average molecular weight is 933 g/mol. The van der Waals surface area contributed by atoms with E-state index in [2.05, 4.69) is 185 Å². The molecule has 5 aromatic carbocycles. The second-order valence-electron chi connectivity index (χ2n) is 18.4. The molecule has 0 spiro atoms. The second kappa shape index (κ2) is 25.8. The molecule has 8 nitrogen and oxygen atoms in total. The van der Waals surface area contributed by atoms with E-state index < -0.39 is 0 Å². The summed E-state index contributed by atoms with van der Waals surface area (Å²) in [6, 6.07) is 55.8. The maximum absolute atomic E-state index is 4.46. The normalized spacial score (nSPS) is 10.4. The number of rotatable bonds is 2. The quantitative estimate of drug-likeness (QED) is 0.169. The molecule has 0 radical (unpaired) electrons. The van der Waals surface area contributed by atoms with Gasteiger partial charge in [-0.25, -0.2) is 0 Å². The molecule has 71 heavy (non-hydrogen) atoms. The van der Waals surface area contributed by atoms with Crippen molar-refractivity contribution in [3.63, 3.8) is 0 Å². The van der Waals surface area contributed by atoms with Gasteiger partial charge in [0.05, 0.1) is 35.7 Å². The summed E-state index contributed by atoms with van der Waals surface area (Å²) < 4.78 is 0. The van der Waals surface area contributed by atoms with E-state index in [1.54, 1.807) is 18.6 Å². The molecule has 11 aromatic rings. The summed E-state index contributed by atoms with van der Waals surface area (Å²) in [5.41, 5.74) is 13.9. The molecular weight excluding hydrogens is 869 g/mol. The highest BCUT2D eigenvalue weighted by Gasteiger charge is 2.14. The van der Waals surface area contributed by atoms with Crippen molar-refractivity contribution in [2.45, 2.75) is 74.7 Å². The minimum atomic E-state index is 0.174. The number of hydrogen-bond donors (Lipinski definition) is 0. The van der Waals surface area contributed by atoms with Crippen molar-refractivity contribution >= 4 is 32.3 Å². The van der Waals surface area contributed by atoms with Crippen LogP contribution in [0.1, 0.15) is 65.7 Å². The molecule has 6 heterocycles. The van der Waals surface area contributed by atoms with Crippen LogP contribution in [0, 0.1) is 48.5 Å². The maximum Gasteiger partial charge on any atom is 0.0702 e. The fourth-order valence-corrected chi connectivity index (χ4v) is 7.04. The van der Waals surface area contributed by atoms with Crippen LogP contribution >= 0.6 is 0 Å². The third-order valence-corrected chi connectivity index (χ3v) is 11.2. The monoisotopic (exact) mass is 933 g/mol. The fraction of sp³-hybridized carbons (Fsp3) is 0.175. The van der Waals surface area contributed by atoms with Gasteiger partial charge in [-0.3, -0.25) is 19.9 Å². The van der Waals surface area contributed by atoms with Gasteiger partial charge in [-0.05, 0) is 117 Å². The molecule has 0 unspecified atom stereocenters. The van der Waals surface area contributed by atoms with E-state index in [1.165, 1.54) is 60.5 Å². The Morgan fingerprint density at radius 1 is 0.338 bits per heavy atom. The minimum Gasteiger partial charge on any atom is -0.261 e. The predicted octanol–water partition coefficient (Wildman–Crippen LogP) is 15.5. The van der Waals surface area contributed by atoms with Crippen molar-refractivity contribution in [3.05, 3.63) is 252 Å². The molecule has 0 fully saturated rings. The van der Waals surface area contributed by atoms with Crippen LogP contribution in [0.5, 0.6) is 0 Å². The summed E-state index contributed by atoms with van der Waals surface area (Å²) in [6.45, 7) is 20.7. The molecular formula is C63H64N8. The Morgan fingerprint density at radius 3 is 1.42 bits per heavy atom. The summed E-state index contributed by atoms with van der Waals surface area (Å²) in [5.74, 6) is 0. The summed E-state index contributed by atoms with van der Waals surface area (Å²) in [5, 5.41) is 22.6. The smallest absolute Gasteiger partial charge is 0.0702 e. The summed E-state index contributed by atoms with van der Waals surface area (Å²) in [4.78, 5) is 17.2. The third kappa shape index (κ3) is 16.4. The first-order valence-corrected chi connectivity index (χ1v) is 23.8. The van der Waals surface area contributed by atoms with Gasteiger partial charge in [0.1, 0.15) is 0 Å². The number of hydrogen-bond acceptors (Lipinski definition) is 8. The zero-order chi connectivity index (χ0) is 50.6. The number of benzene rings is 5. The van der Waals surface area contributed by atoms with Gasteiger partial charge in [-0.15, -0.1) is 0 Å². The topological polar surface area (TPSA) is 103 Å². The van der Waals surface area contributed by atoms with Gasteiger partial charge in [-0.2, -0.15) is 20.4 Å². The zero-order valence-electron chi connectivity index (χ0n) is 42.7. The van der Waals surface area contributed by atoms with Crippen LogP contribution in [0.15, 0.2) is 207 Å². The summed E-state index contributed by atoms with van der Waals surface area (Å²) in [6.07, 6.45) is 12.9. The summed E-state index contributed by atoms with van der Waals surface area (Å²) in [7, 11) is 0. The van der Waals surface area contributed by atoms with E-state index in [9.17, 15) is 0 Å². The van der Waals surface area contributed by atoms with Crippen molar-refractivity contribution < 1.29 is 0 Å². The molecule has 0 N–H and O–H groups in total. The lowest BCUT2D eigenvalue weighted by Gasteiger charge is -2.16. The van der Waals surface area contributed by atoms with E-state index >= 15 is 0 Å². The lowest BCUT2D eigenvalue weighted by Crippen LogP contribution is -2.12. The lowest BCUT2D eigenvalue weighted by atomic mass is 9.91. The predicted molar refractivity (Wildman–Crippen MR) is 296 cm³/mol. The van der Waals surface area contributed by atoms with Crippen molar-refractivity contribution in [1.29, 1.82) is 0 Å². The van der Waals surface area contributed by atoms with Crippen LogP contribution < -0.4 is 0 Å². The molecule has 0 saturated carbocycles. The Hall–Kier alpha value is -8.36. The Balaban J connectivity index is 0.000000142. The molecule has 11 rings (SSSR count). The average Bonchev–Trinajstić information content (AvgIpc) is 3.39. The highest BCUT2D eigenvalue weighted by molar-refractivity contribution is 5.87. The van der Waals surface area contributed by atoms with E-state index in [0.29, 0.717) is 0 Å². The van der Waals surface area contributed by atoms with Gasteiger partial charge in [-0.1, -0.05) is 154 Å². The van der Waals surface area contributed by atoms with Crippen LogP contribution in [-0.4, -0.2) is 40.3 Å². The van der Waals surface area contributed by atoms with E-state index in [0.717, 1.165) is 39.2 Å². The number of nitrogens with zero attached hydrogens (tertiary/aromatic N) is 8. The zero-order valence-corrected chi connectivity index (χ0v) is 42.7. The summed E-state index contributed by atoms with van der Waals surface area (Å²) >= 11 is 0. The largest absolute Gasteiger partial charge is 0.261 e. The SMILES string of the molecule is Cc1ccc(-c2ccc3ccccc3c2)nc1.Cc1ccc(-c2ccccc2)nc1.Cc1ccc(C(C)(C)C)nc1.Cc1ccc(C)nc1.Cc1cccc2cnncc12.Cc1nncc2ccccc12. The highest BCUT2D eigenvalue weighted by atomic mass is 15.1. The fourth-order valence-electron chi connectivity index (χ4n) is 7.04. The molecule has 0 amide bonds. The van der Waals surface area contributed by atoms with Gasteiger partial charge < -0.3 is 0 Å². The standard InChI is InChI=1S/C16H13N.C12H11N.C10H15N.2C9H8N2.C7H9N/c1-12-6-9-16(17-11-12)15-8-7-13-4-2-3-5-14(13)10-15;1-10-7-8-12(13-9-10)11-5-3-2-4-6-11;1-8-5-6-9(11-7-8)10(2,3)4;1-7-3-2-4-8-5-10-11-6-9(7)8;1-7-9-5-3-2-4-8(9)6-10-11-7;1-6-3-4-7(2)8-5-6/h2-11H,1H3;2-9H,1H3;5-7H,1-4H3;2*2-6H,1H3;3-5H,1-2H3. The van der Waals surface area contributed by atoms with Crippen LogP contribution in [0.4, 0.5) is 0 Å². The van der Waals surface area contributed by atoms with Gasteiger partial charge in [0.15, 0.2) is 0 Å². The third-order valence-electron chi connectivity index (χ3n) is 11.2. The molecule has 0 atom stereocenters. The van der Waals surface area contributed by atoms with Crippen molar-refractivity contribution in [1.82, 2.24) is 40.3 Å². The Labute approximate surface area is 420 Å². The molecule has 0 saturated heterocycles. The molecule has 6 aromatic heterocycles. The van der Waals surface area contributed by atoms with Gasteiger partial charge in [0.25, 0.3) is 0 Å². The molecule has 0 aliphatic carbocycles. The van der Waals surface area contributed by atoms with Crippen LogP contribution in [0.25, 0.3) is 54.8 Å². The van der Waals surface area contributed by atoms with Crippen molar-refractivity contribution in [2.75, 3.05) is 0 Å². The molecule has 0 aliphatic heterocycles. The molecule has 0 bridgehead atoms. The van der Waals surface area contributed by atoms with E-state index in [-0.39, 0.29) is 5.41 Å².